The Morgan fingerprint density at radius 3 is 1.86 bits per heavy atom. The van der Waals surface area contributed by atoms with Crippen LogP contribution in [0.5, 0.6) is 0 Å². The van der Waals surface area contributed by atoms with Crippen LogP contribution in [0, 0.1) is 23.2 Å². The van der Waals surface area contributed by atoms with Gasteiger partial charge in [0.1, 0.15) is 0 Å². The Labute approximate surface area is 138 Å². The van der Waals surface area contributed by atoms with Gasteiger partial charge in [-0.05, 0) is 68.6 Å². The van der Waals surface area contributed by atoms with E-state index in [-0.39, 0.29) is 10.7 Å². The highest BCUT2D eigenvalue weighted by atomic mass is 31.0. The molecular weight excluding hydrogens is 287 g/mol. The maximum absolute atomic E-state index is 3.12. The van der Waals surface area contributed by atoms with Crippen LogP contribution in [-0.2, 0) is 0 Å². The number of hydrogen-bond donors (Lipinski definition) is 0. The third kappa shape index (κ3) is 2.16. The summed E-state index contributed by atoms with van der Waals surface area (Å²) in [5.41, 5.74) is 0.748. The van der Waals surface area contributed by atoms with Gasteiger partial charge >= 0.3 is 0 Å². The first-order chi connectivity index (χ1) is 10.2. The Hall–Kier alpha value is -0.230. The molecule has 0 saturated heterocycles. The minimum atomic E-state index is 0.112. The van der Waals surface area contributed by atoms with Crippen molar-refractivity contribution < 1.29 is 0 Å². The second-order valence-corrected chi connectivity index (χ2v) is 11.0. The number of nitrogens with zero attached hydrogens (tertiary/aromatic N) is 2. The Kier molecular flexibility index (Phi) is 3.24. The molecule has 0 aromatic carbocycles. The molecule has 1 aliphatic heterocycles. The van der Waals surface area contributed by atoms with Crippen molar-refractivity contribution in [1.82, 2.24) is 9.80 Å². The third-order valence-electron chi connectivity index (χ3n) is 7.46. The average Bonchev–Trinajstić information content (AvgIpc) is 2.86. The van der Waals surface area contributed by atoms with Gasteiger partial charge in [-0.1, -0.05) is 20.8 Å². The van der Waals surface area contributed by atoms with Crippen LogP contribution in [0.3, 0.4) is 0 Å². The van der Waals surface area contributed by atoms with Crippen molar-refractivity contribution >= 4 is 9.24 Å². The molecule has 124 valence electrons. The summed E-state index contributed by atoms with van der Waals surface area (Å²) in [5, 5.41) is 0.112. The van der Waals surface area contributed by atoms with E-state index in [0.717, 1.165) is 24.4 Å². The fraction of sp³-hybridized carbons (Fsp3) is 0.895. The molecule has 5 aliphatic rings. The molecule has 3 heteroatoms. The van der Waals surface area contributed by atoms with Gasteiger partial charge in [-0.25, -0.2) is 0 Å². The average molecular weight is 320 g/mol. The molecule has 0 radical (unpaired) electrons. The summed E-state index contributed by atoms with van der Waals surface area (Å²) in [4.78, 5) is 5.28. The molecule has 0 spiro atoms. The van der Waals surface area contributed by atoms with Crippen molar-refractivity contribution in [2.24, 2.45) is 23.2 Å². The van der Waals surface area contributed by atoms with Crippen LogP contribution < -0.4 is 0 Å². The van der Waals surface area contributed by atoms with Gasteiger partial charge in [0, 0.05) is 17.9 Å². The molecular formula is C19H33N2P. The Bertz CT molecular complexity index is 453. The largest absolute Gasteiger partial charge is 0.353 e. The first kappa shape index (κ1) is 15.3. The molecule has 4 saturated carbocycles. The molecule has 0 N–H and O–H groups in total. The van der Waals surface area contributed by atoms with E-state index in [4.69, 9.17) is 0 Å². The summed E-state index contributed by atoms with van der Waals surface area (Å²) in [5.74, 6) is 3.08. The predicted octanol–water partition coefficient (Wildman–Crippen LogP) is 4.64. The van der Waals surface area contributed by atoms with Gasteiger partial charge in [0.25, 0.3) is 0 Å². The van der Waals surface area contributed by atoms with Gasteiger partial charge in [-0.2, -0.15) is 0 Å². The topological polar surface area (TPSA) is 6.48 Å². The quantitative estimate of drug-likeness (QED) is 0.684. The maximum atomic E-state index is 3.12. The van der Waals surface area contributed by atoms with E-state index in [1.807, 2.05) is 0 Å². The molecule has 2 unspecified atom stereocenters. The van der Waals surface area contributed by atoms with Crippen molar-refractivity contribution in [1.29, 1.82) is 0 Å². The highest BCUT2D eigenvalue weighted by Crippen LogP contribution is 2.58. The monoisotopic (exact) mass is 320 g/mol. The van der Waals surface area contributed by atoms with Crippen LogP contribution in [-0.4, -0.2) is 27.3 Å². The molecule has 2 nitrogen and oxygen atoms in total. The second-order valence-electron chi connectivity index (χ2n) is 9.92. The molecule has 22 heavy (non-hydrogen) atoms. The lowest BCUT2D eigenvalue weighted by Crippen LogP contribution is -2.59. The summed E-state index contributed by atoms with van der Waals surface area (Å²) >= 11 is 0. The number of hydrogen-bond acceptors (Lipinski definition) is 2. The van der Waals surface area contributed by atoms with Crippen molar-refractivity contribution in [2.75, 3.05) is 6.67 Å². The smallest absolute Gasteiger partial charge is 0.0907 e. The van der Waals surface area contributed by atoms with Gasteiger partial charge in [0.05, 0.1) is 11.9 Å². The third-order valence-corrected chi connectivity index (χ3v) is 8.66. The van der Waals surface area contributed by atoms with E-state index >= 15 is 0 Å². The summed E-state index contributed by atoms with van der Waals surface area (Å²) in [6.07, 6.45) is 13.7. The molecule has 2 atom stereocenters. The van der Waals surface area contributed by atoms with Gasteiger partial charge < -0.3 is 9.80 Å². The molecule has 5 rings (SSSR count). The lowest BCUT2D eigenvalue weighted by molar-refractivity contribution is -0.0799. The molecule has 4 aliphatic carbocycles. The van der Waals surface area contributed by atoms with Crippen LogP contribution in [0.2, 0.25) is 0 Å². The normalized spacial score (nSPS) is 43.0. The van der Waals surface area contributed by atoms with E-state index < -0.39 is 0 Å². The molecule has 0 aromatic rings. The predicted molar refractivity (Wildman–Crippen MR) is 96.2 cm³/mol. The standard InChI is InChI=1S/C19H33N2P/c1-17(2,3)18(4,22)20-5-6-21(13-20)19-10-14-7-15(11-19)9-16(8-14)12-19/h5-6,14-16H,7-13,22H2,1-4H3. The van der Waals surface area contributed by atoms with Crippen molar-refractivity contribution in [3.63, 3.8) is 0 Å². The molecule has 1 heterocycles. The lowest BCUT2D eigenvalue weighted by atomic mass is 9.52. The zero-order valence-corrected chi connectivity index (χ0v) is 16.0. The van der Waals surface area contributed by atoms with E-state index in [1.54, 1.807) is 0 Å². The first-order valence-corrected chi connectivity index (χ1v) is 9.78. The van der Waals surface area contributed by atoms with Gasteiger partial charge in [0.15, 0.2) is 0 Å². The Morgan fingerprint density at radius 1 is 0.909 bits per heavy atom. The molecule has 0 amide bonds. The molecule has 4 fully saturated rings. The van der Waals surface area contributed by atoms with Crippen LogP contribution in [0.1, 0.15) is 66.2 Å². The van der Waals surface area contributed by atoms with Crippen molar-refractivity contribution in [2.45, 2.75) is 77.0 Å². The van der Waals surface area contributed by atoms with E-state index in [1.165, 1.54) is 38.5 Å². The zero-order valence-electron chi connectivity index (χ0n) is 14.8. The number of rotatable bonds is 2. The van der Waals surface area contributed by atoms with Crippen molar-refractivity contribution in [3.8, 4) is 0 Å². The van der Waals surface area contributed by atoms with E-state index in [9.17, 15) is 0 Å². The van der Waals surface area contributed by atoms with E-state index in [2.05, 4.69) is 59.1 Å². The maximum Gasteiger partial charge on any atom is 0.0907 e. The van der Waals surface area contributed by atoms with Gasteiger partial charge in [-0.3, -0.25) is 0 Å². The summed E-state index contributed by atoms with van der Waals surface area (Å²) in [6, 6.07) is 0. The summed E-state index contributed by atoms with van der Waals surface area (Å²) in [6.45, 7) is 10.5. The Balaban J connectivity index is 1.53. The van der Waals surface area contributed by atoms with Gasteiger partial charge in [0.2, 0.25) is 0 Å². The molecule has 4 bridgehead atoms. The minimum absolute atomic E-state index is 0.112. The van der Waals surface area contributed by atoms with Crippen LogP contribution in [0.25, 0.3) is 0 Å². The van der Waals surface area contributed by atoms with Gasteiger partial charge in [-0.15, -0.1) is 9.24 Å². The highest BCUT2D eigenvalue weighted by molar-refractivity contribution is 7.18. The summed E-state index contributed by atoms with van der Waals surface area (Å²) < 4.78 is 0. The fourth-order valence-electron chi connectivity index (χ4n) is 5.88. The van der Waals surface area contributed by atoms with E-state index in [0.29, 0.717) is 5.54 Å². The first-order valence-electron chi connectivity index (χ1n) is 9.20. The van der Waals surface area contributed by atoms with Crippen LogP contribution in [0.15, 0.2) is 12.4 Å². The minimum Gasteiger partial charge on any atom is -0.353 e. The van der Waals surface area contributed by atoms with Crippen molar-refractivity contribution in [3.05, 3.63) is 12.4 Å². The lowest BCUT2D eigenvalue weighted by Gasteiger charge is -2.60. The van der Waals surface area contributed by atoms with Crippen LogP contribution >= 0.6 is 9.24 Å². The second kappa shape index (κ2) is 4.65. The molecule has 0 aromatic heterocycles. The van der Waals surface area contributed by atoms with Crippen LogP contribution in [0.4, 0.5) is 0 Å². The fourth-order valence-corrected chi connectivity index (χ4v) is 6.04. The highest BCUT2D eigenvalue weighted by Gasteiger charge is 2.54. The Morgan fingerprint density at radius 2 is 1.41 bits per heavy atom. The zero-order chi connectivity index (χ0) is 15.8. The SMILES string of the molecule is CC(C)(C)C(C)(P)N1C=CN(C23CC4CC(CC(C4)C2)C3)C1. The summed E-state index contributed by atoms with van der Waals surface area (Å²) in [7, 11) is 3.12.